The Balaban J connectivity index is 2.44. The minimum atomic E-state index is -0.632. The van der Waals surface area contributed by atoms with Gasteiger partial charge in [-0.15, -0.1) is 10.2 Å². The molecule has 1 aromatic heterocycles. The number of aromatic nitrogens is 3. The van der Waals surface area contributed by atoms with Crippen molar-refractivity contribution < 1.29 is 14.3 Å². The first-order chi connectivity index (χ1) is 9.15. The second kappa shape index (κ2) is 5.43. The Morgan fingerprint density at radius 2 is 1.79 bits per heavy atom. The minimum Gasteiger partial charge on any atom is -0.479 e. The molecule has 2 rings (SSSR count). The van der Waals surface area contributed by atoms with E-state index in [0.29, 0.717) is 5.82 Å². The molecule has 0 aliphatic heterocycles. The van der Waals surface area contributed by atoms with Gasteiger partial charge in [-0.25, -0.2) is 4.79 Å². The average Bonchev–Trinajstić information content (AvgIpc) is 2.46. The zero-order chi connectivity index (χ0) is 13.8. The Morgan fingerprint density at radius 3 is 2.37 bits per heavy atom. The van der Waals surface area contributed by atoms with Crippen LogP contribution in [-0.2, 0) is 4.74 Å². The van der Waals surface area contributed by atoms with Gasteiger partial charge in [0.25, 0.3) is 5.88 Å². The van der Waals surface area contributed by atoms with Gasteiger partial charge in [-0.05, 0) is 6.92 Å². The second-order valence-electron chi connectivity index (χ2n) is 3.85. The molecule has 98 valence electrons. The van der Waals surface area contributed by atoms with E-state index in [0.717, 1.165) is 11.1 Å². The fourth-order valence-corrected chi connectivity index (χ4v) is 1.50. The van der Waals surface area contributed by atoms with Crippen LogP contribution in [0.5, 0.6) is 5.88 Å². The second-order valence-corrected chi connectivity index (χ2v) is 3.85. The summed E-state index contributed by atoms with van der Waals surface area (Å²) in [6, 6.07) is 7.64. The van der Waals surface area contributed by atoms with Crippen molar-refractivity contribution >= 4 is 5.97 Å². The lowest BCUT2D eigenvalue weighted by Crippen LogP contribution is -2.10. The number of carbonyl (C=O) groups excluding carboxylic acids is 1. The van der Waals surface area contributed by atoms with Gasteiger partial charge < -0.3 is 9.47 Å². The average molecular weight is 259 g/mol. The zero-order valence-corrected chi connectivity index (χ0v) is 10.9. The van der Waals surface area contributed by atoms with Crippen LogP contribution in [0.25, 0.3) is 11.4 Å². The normalized spacial score (nSPS) is 10.1. The molecule has 0 saturated heterocycles. The maximum atomic E-state index is 11.4. The molecular formula is C13H13N3O3. The lowest BCUT2D eigenvalue weighted by molar-refractivity contribution is 0.0587. The van der Waals surface area contributed by atoms with E-state index in [4.69, 9.17) is 4.74 Å². The van der Waals surface area contributed by atoms with Crippen LogP contribution in [0.3, 0.4) is 0 Å². The Morgan fingerprint density at radius 1 is 1.11 bits per heavy atom. The topological polar surface area (TPSA) is 74.2 Å². The number of hydrogen-bond acceptors (Lipinski definition) is 6. The fourth-order valence-electron chi connectivity index (χ4n) is 1.50. The lowest BCUT2D eigenvalue weighted by Gasteiger charge is -2.06. The summed E-state index contributed by atoms with van der Waals surface area (Å²) in [6.07, 6.45) is 0. The number of aryl methyl sites for hydroxylation is 1. The monoisotopic (exact) mass is 259 g/mol. The van der Waals surface area contributed by atoms with Crippen molar-refractivity contribution in [3.8, 4) is 17.3 Å². The molecule has 1 aromatic carbocycles. The van der Waals surface area contributed by atoms with Crippen LogP contribution in [0.1, 0.15) is 16.1 Å². The third-order valence-electron chi connectivity index (χ3n) is 2.54. The molecule has 0 amide bonds. The molecule has 0 unspecified atom stereocenters. The summed E-state index contributed by atoms with van der Waals surface area (Å²) in [6.45, 7) is 1.99. The van der Waals surface area contributed by atoms with Gasteiger partial charge in [-0.1, -0.05) is 29.8 Å². The van der Waals surface area contributed by atoms with Crippen LogP contribution in [0.4, 0.5) is 0 Å². The Bertz CT molecular complexity index is 597. The number of ether oxygens (including phenoxy) is 2. The van der Waals surface area contributed by atoms with Crippen LogP contribution < -0.4 is 4.74 Å². The summed E-state index contributed by atoms with van der Waals surface area (Å²) >= 11 is 0. The number of methoxy groups -OCH3 is 2. The summed E-state index contributed by atoms with van der Waals surface area (Å²) in [5.74, 6) is -0.144. The third kappa shape index (κ3) is 2.67. The molecule has 0 radical (unpaired) electrons. The van der Waals surface area contributed by atoms with Crippen LogP contribution >= 0.6 is 0 Å². The molecule has 0 N–H and O–H groups in total. The van der Waals surface area contributed by atoms with E-state index in [1.807, 2.05) is 31.2 Å². The first-order valence-electron chi connectivity index (χ1n) is 5.59. The first kappa shape index (κ1) is 12.9. The highest BCUT2D eigenvalue weighted by Gasteiger charge is 2.18. The zero-order valence-electron chi connectivity index (χ0n) is 10.9. The molecule has 0 aliphatic rings. The summed E-state index contributed by atoms with van der Waals surface area (Å²) < 4.78 is 9.62. The number of esters is 1. The largest absolute Gasteiger partial charge is 0.479 e. The molecule has 1 heterocycles. The number of nitrogens with zero attached hydrogens (tertiary/aromatic N) is 3. The maximum Gasteiger partial charge on any atom is 0.364 e. The smallest absolute Gasteiger partial charge is 0.364 e. The Labute approximate surface area is 110 Å². The van der Waals surface area contributed by atoms with Gasteiger partial charge in [0.15, 0.2) is 5.82 Å². The molecule has 0 fully saturated rings. The molecule has 6 heteroatoms. The molecule has 0 bridgehead atoms. The van der Waals surface area contributed by atoms with Crippen molar-refractivity contribution in [1.29, 1.82) is 0 Å². The van der Waals surface area contributed by atoms with Crippen molar-refractivity contribution in [3.63, 3.8) is 0 Å². The molecule has 19 heavy (non-hydrogen) atoms. The van der Waals surface area contributed by atoms with Crippen LogP contribution in [0.2, 0.25) is 0 Å². The molecule has 6 nitrogen and oxygen atoms in total. The van der Waals surface area contributed by atoms with Crippen molar-refractivity contribution in [1.82, 2.24) is 15.2 Å². The molecule has 0 spiro atoms. The van der Waals surface area contributed by atoms with Crippen molar-refractivity contribution in [2.45, 2.75) is 6.92 Å². The van der Waals surface area contributed by atoms with E-state index < -0.39 is 5.97 Å². The number of rotatable bonds is 3. The van der Waals surface area contributed by atoms with E-state index in [1.54, 1.807) is 0 Å². The SMILES string of the molecule is COC(=O)c1nnc(-c2ccc(C)cc2)nc1OC. The molecule has 0 atom stereocenters. The van der Waals surface area contributed by atoms with E-state index in [2.05, 4.69) is 19.9 Å². The summed E-state index contributed by atoms with van der Waals surface area (Å²) in [5, 5.41) is 7.72. The highest BCUT2D eigenvalue weighted by molar-refractivity contribution is 5.89. The molecular weight excluding hydrogens is 246 g/mol. The highest BCUT2D eigenvalue weighted by atomic mass is 16.5. The number of carbonyl (C=O) groups is 1. The summed E-state index contributed by atoms with van der Waals surface area (Å²) in [4.78, 5) is 15.6. The van der Waals surface area contributed by atoms with E-state index in [-0.39, 0.29) is 11.6 Å². The van der Waals surface area contributed by atoms with Gasteiger partial charge in [0.2, 0.25) is 5.69 Å². The Hall–Kier alpha value is -2.50. The van der Waals surface area contributed by atoms with E-state index >= 15 is 0 Å². The van der Waals surface area contributed by atoms with Gasteiger partial charge in [-0.3, -0.25) is 0 Å². The van der Waals surface area contributed by atoms with Gasteiger partial charge in [0.05, 0.1) is 14.2 Å². The van der Waals surface area contributed by atoms with Crippen LogP contribution in [0.15, 0.2) is 24.3 Å². The van der Waals surface area contributed by atoms with Gasteiger partial charge in [0, 0.05) is 5.56 Å². The van der Waals surface area contributed by atoms with Crippen LogP contribution in [-0.4, -0.2) is 35.4 Å². The van der Waals surface area contributed by atoms with Crippen molar-refractivity contribution in [2.24, 2.45) is 0 Å². The lowest BCUT2D eigenvalue weighted by atomic mass is 10.1. The van der Waals surface area contributed by atoms with Crippen molar-refractivity contribution in [2.75, 3.05) is 14.2 Å². The molecule has 0 aliphatic carbocycles. The van der Waals surface area contributed by atoms with E-state index in [9.17, 15) is 4.79 Å². The first-order valence-corrected chi connectivity index (χ1v) is 5.59. The molecule has 2 aromatic rings. The van der Waals surface area contributed by atoms with Crippen molar-refractivity contribution in [3.05, 3.63) is 35.5 Å². The van der Waals surface area contributed by atoms with E-state index in [1.165, 1.54) is 14.2 Å². The predicted octanol–water partition coefficient (Wildman–Crippen LogP) is 1.64. The quantitative estimate of drug-likeness (QED) is 0.780. The predicted molar refractivity (Wildman–Crippen MR) is 67.9 cm³/mol. The maximum absolute atomic E-state index is 11.4. The summed E-state index contributed by atoms with van der Waals surface area (Å²) in [7, 11) is 2.67. The minimum absolute atomic E-state index is 0.0409. The standard InChI is InChI=1S/C13H13N3O3/c1-8-4-6-9(7-5-8)11-14-12(18-2)10(15-16-11)13(17)19-3/h4-7H,1-3H3. The van der Waals surface area contributed by atoms with Gasteiger partial charge in [0.1, 0.15) is 0 Å². The fraction of sp³-hybridized carbons (Fsp3) is 0.231. The Kier molecular flexibility index (Phi) is 3.70. The number of benzene rings is 1. The van der Waals surface area contributed by atoms with Crippen LogP contribution in [0, 0.1) is 6.92 Å². The highest BCUT2D eigenvalue weighted by Crippen LogP contribution is 2.19. The number of hydrogen-bond donors (Lipinski definition) is 0. The van der Waals surface area contributed by atoms with Gasteiger partial charge >= 0.3 is 5.97 Å². The summed E-state index contributed by atoms with van der Waals surface area (Å²) in [5.41, 5.74) is 1.89. The third-order valence-corrected chi connectivity index (χ3v) is 2.54. The van der Waals surface area contributed by atoms with Gasteiger partial charge in [-0.2, -0.15) is 4.98 Å². The molecule has 0 saturated carbocycles.